The molecule has 0 unspecified atom stereocenters. The number of non-ortho nitro benzene ring substituents is 1. The van der Waals surface area contributed by atoms with Crippen LogP contribution in [0.5, 0.6) is 0 Å². The van der Waals surface area contributed by atoms with Gasteiger partial charge in [0.2, 0.25) is 5.71 Å². The molecule has 168 valence electrons. The Bertz CT molecular complexity index is 1430. The molecule has 0 aliphatic heterocycles. The van der Waals surface area contributed by atoms with Crippen molar-refractivity contribution in [3.05, 3.63) is 107 Å². The molecule has 1 atom stereocenters. The molecule has 34 heavy (non-hydrogen) atoms. The maximum Gasteiger partial charge on any atom is 0.269 e. The highest BCUT2D eigenvalue weighted by Crippen LogP contribution is 2.43. The van der Waals surface area contributed by atoms with Gasteiger partial charge in [-0.05, 0) is 23.3 Å². The van der Waals surface area contributed by atoms with Crippen molar-refractivity contribution in [3.63, 3.8) is 0 Å². The van der Waals surface area contributed by atoms with E-state index in [2.05, 4.69) is 15.3 Å². The van der Waals surface area contributed by atoms with E-state index in [1.54, 1.807) is 12.1 Å². The lowest BCUT2D eigenvalue weighted by atomic mass is 9.98. The van der Waals surface area contributed by atoms with Gasteiger partial charge in [-0.25, -0.2) is 9.97 Å². The van der Waals surface area contributed by atoms with Crippen LogP contribution in [0.25, 0.3) is 33.6 Å². The van der Waals surface area contributed by atoms with E-state index in [1.807, 2.05) is 60.7 Å². The van der Waals surface area contributed by atoms with Crippen LogP contribution in [0.3, 0.4) is 0 Å². The van der Waals surface area contributed by atoms with Crippen LogP contribution in [0.4, 0.5) is 11.5 Å². The first-order chi connectivity index (χ1) is 16.7. The van der Waals surface area contributed by atoms with E-state index in [4.69, 9.17) is 4.42 Å². The minimum absolute atomic E-state index is 0.00293. The van der Waals surface area contributed by atoms with Crippen LogP contribution in [0.2, 0.25) is 0 Å². The van der Waals surface area contributed by atoms with E-state index in [0.717, 1.165) is 16.7 Å². The molecule has 5 rings (SSSR count). The van der Waals surface area contributed by atoms with Gasteiger partial charge in [-0.2, -0.15) is 0 Å². The number of furan rings is 1. The van der Waals surface area contributed by atoms with Crippen molar-refractivity contribution in [2.24, 2.45) is 0 Å². The van der Waals surface area contributed by atoms with E-state index in [9.17, 15) is 15.2 Å². The van der Waals surface area contributed by atoms with Crippen molar-refractivity contribution in [3.8, 4) is 22.5 Å². The molecule has 0 radical (unpaired) electrons. The monoisotopic (exact) mass is 452 g/mol. The Kier molecular flexibility index (Phi) is 5.72. The second-order valence-corrected chi connectivity index (χ2v) is 7.67. The van der Waals surface area contributed by atoms with Crippen LogP contribution in [0.1, 0.15) is 11.6 Å². The molecule has 0 aliphatic carbocycles. The molecule has 2 heterocycles. The van der Waals surface area contributed by atoms with Crippen molar-refractivity contribution in [1.29, 1.82) is 0 Å². The summed E-state index contributed by atoms with van der Waals surface area (Å²) >= 11 is 0. The molecular weight excluding hydrogens is 432 g/mol. The first-order valence-electron chi connectivity index (χ1n) is 10.7. The van der Waals surface area contributed by atoms with Gasteiger partial charge in [0.25, 0.3) is 5.69 Å². The number of hydrogen-bond acceptors (Lipinski definition) is 7. The Hall–Kier alpha value is -4.56. The molecule has 8 nitrogen and oxygen atoms in total. The first kappa shape index (κ1) is 21.3. The van der Waals surface area contributed by atoms with Crippen LogP contribution in [-0.4, -0.2) is 26.6 Å². The third-order valence-electron chi connectivity index (χ3n) is 5.59. The average molecular weight is 452 g/mol. The summed E-state index contributed by atoms with van der Waals surface area (Å²) in [5.41, 5.74) is 3.54. The van der Waals surface area contributed by atoms with Gasteiger partial charge >= 0.3 is 0 Å². The number of anilines is 1. The van der Waals surface area contributed by atoms with Crippen molar-refractivity contribution < 1.29 is 14.4 Å². The molecule has 3 aromatic carbocycles. The molecule has 5 aromatic rings. The smallest absolute Gasteiger partial charge is 0.269 e. The standard InChI is InChI=1S/C26H20N4O4/c31-15-21(17-7-3-1-4-8-17)29-25-23-22(18-11-13-20(14-12-18)30(32)33)24(19-9-5-2-6-10-19)34-26(23)28-16-27-25/h1-14,16,21,31H,15H2,(H,27,28,29)/t21-/m1/s1. The Balaban J connectivity index is 1.71. The normalized spacial score (nSPS) is 11.9. The zero-order valence-corrected chi connectivity index (χ0v) is 18.0. The third-order valence-corrected chi connectivity index (χ3v) is 5.59. The van der Waals surface area contributed by atoms with E-state index in [-0.39, 0.29) is 12.3 Å². The van der Waals surface area contributed by atoms with Gasteiger partial charge in [0.15, 0.2) is 0 Å². The molecule has 0 amide bonds. The van der Waals surface area contributed by atoms with E-state index in [1.165, 1.54) is 18.5 Å². The summed E-state index contributed by atoms with van der Waals surface area (Å²) in [6.45, 7) is -0.147. The number of aliphatic hydroxyl groups is 1. The largest absolute Gasteiger partial charge is 0.437 e. The summed E-state index contributed by atoms with van der Waals surface area (Å²) < 4.78 is 6.19. The maximum absolute atomic E-state index is 11.2. The number of nitrogens with zero attached hydrogens (tertiary/aromatic N) is 3. The molecule has 0 saturated carbocycles. The number of nitro benzene ring substituents is 1. The number of nitro groups is 1. The molecule has 0 aliphatic rings. The average Bonchev–Trinajstić information content (AvgIpc) is 3.29. The van der Waals surface area contributed by atoms with Crippen LogP contribution < -0.4 is 5.32 Å². The quantitative estimate of drug-likeness (QED) is 0.244. The molecule has 0 fully saturated rings. The number of hydrogen-bond donors (Lipinski definition) is 2. The van der Waals surface area contributed by atoms with Crippen molar-refractivity contribution in [1.82, 2.24) is 9.97 Å². The number of nitrogens with one attached hydrogen (secondary N) is 1. The van der Waals surface area contributed by atoms with E-state index in [0.29, 0.717) is 28.2 Å². The van der Waals surface area contributed by atoms with E-state index < -0.39 is 11.0 Å². The summed E-state index contributed by atoms with van der Waals surface area (Å²) in [4.78, 5) is 19.5. The lowest BCUT2D eigenvalue weighted by Gasteiger charge is -2.18. The predicted octanol–water partition coefficient (Wildman–Crippen LogP) is 5.61. The number of rotatable bonds is 7. The zero-order valence-electron chi connectivity index (χ0n) is 18.0. The van der Waals surface area contributed by atoms with Crippen LogP contribution in [0, 0.1) is 10.1 Å². The fourth-order valence-corrected chi connectivity index (χ4v) is 3.95. The highest BCUT2D eigenvalue weighted by Gasteiger charge is 2.24. The fraction of sp³-hybridized carbons (Fsp3) is 0.0769. The Labute approximate surface area is 194 Å². The van der Waals surface area contributed by atoms with Gasteiger partial charge in [0, 0.05) is 23.3 Å². The van der Waals surface area contributed by atoms with Gasteiger partial charge < -0.3 is 14.8 Å². The lowest BCUT2D eigenvalue weighted by molar-refractivity contribution is -0.384. The molecule has 0 saturated heterocycles. The molecule has 0 bridgehead atoms. The van der Waals surface area contributed by atoms with E-state index >= 15 is 0 Å². The second kappa shape index (κ2) is 9.13. The van der Waals surface area contributed by atoms with Gasteiger partial charge in [-0.3, -0.25) is 10.1 Å². The molecular formula is C26H20N4O4. The lowest BCUT2D eigenvalue weighted by Crippen LogP contribution is -2.15. The van der Waals surface area contributed by atoms with Crippen LogP contribution in [0.15, 0.2) is 95.7 Å². The first-order valence-corrected chi connectivity index (χ1v) is 10.7. The molecule has 2 N–H and O–H groups in total. The minimum atomic E-state index is -0.433. The zero-order chi connectivity index (χ0) is 23.5. The van der Waals surface area contributed by atoms with Crippen molar-refractivity contribution in [2.45, 2.75) is 6.04 Å². The van der Waals surface area contributed by atoms with Crippen molar-refractivity contribution >= 4 is 22.6 Å². The summed E-state index contributed by atoms with van der Waals surface area (Å²) in [6.07, 6.45) is 1.40. The fourth-order valence-electron chi connectivity index (χ4n) is 3.95. The number of aliphatic hydroxyl groups excluding tert-OH is 1. The van der Waals surface area contributed by atoms with Crippen LogP contribution >= 0.6 is 0 Å². The number of fused-ring (bicyclic) bond motifs is 1. The third kappa shape index (κ3) is 3.98. The molecule has 8 heteroatoms. The Morgan fingerprint density at radius 3 is 2.24 bits per heavy atom. The van der Waals surface area contributed by atoms with Gasteiger partial charge in [0.1, 0.15) is 17.9 Å². The minimum Gasteiger partial charge on any atom is -0.437 e. The summed E-state index contributed by atoms with van der Waals surface area (Å²) in [5, 5.41) is 25.2. The SMILES string of the molecule is O=[N+]([O-])c1ccc(-c2c(-c3ccccc3)oc3ncnc(N[C@H](CO)c4ccccc4)c23)cc1. The Morgan fingerprint density at radius 2 is 1.59 bits per heavy atom. The van der Waals surface area contributed by atoms with Gasteiger partial charge in [-0.15, -0.1) is 0 Å². The number of benzene rings is 3. The number of aromatic nitrogens is 2. The van der Waals surface area contributed by atoms with Crippen molar-refractivity contribution in [2.75, 3.05) is 11.9 Å². The van der Waals surface area contributed by atoms with Crippen LogP contribution in [-0.2, 0) is 0 Å². The maximum atomic E-state index is 11.2. The molecule has 0 spiro atoms. The van der Waals surface area contributed by atoms with Gasteiger partial charge in [0.05, 0.1) is 23.0 Å². The topological polar surface area (TPSA) is 114 Å². The highest BCUT2D eigenvalue weighted by molar-refractivity contribution is 6.06. The van der Waals surface area contributed by atoms with Gasteiger partial charge in [-0.1, -0.05) is 60.7 Å². The Morgan fingerprint density at radius 1 is 0.912 bits per heavy atom. The molecule has 2 aromatic heterocycles. The predicted molar refractivity (Wildman–Crippen MR) is 129 cm³/mol. The summed E-state index contributed by atoms with van der Waals surface area (Å²) in [7, 11) is 0. The summed E-state index contributed by atoms with van der Waals surface area (Å²) in [6, 6.07) is 25.0. The summed E-state index contributed by atoms with van der Waals surface area (Å²) in [5.74, 6) is 1.07. The highest BCUT2D eigenvalue weighted by atomic mass is 16.6. The second-order valence-electron chi connectivity index (χ2n) is 7.67.